The number of hydrogen-bond donors (Lipinski definition) is 0. The van der Waals surface area contributed by atoms with Crippen LogP contribution in [0.2, 0.25) is 0 Å². The Morgan fingerprint density at radius 1 is 1.47 bits per heavy atom. The Kier molecular flexibility index (Phi) is 5.31. The van der Waals surface area contributed by atoms with Crippen molar-refractivity contribution in [2.24, 2.45) is 5.16 Å². The highest BCUT2D eigenvalue weighted by Gasteiger charge is 2.21. The van der Waals surface area contributed by atoms with Crippen LogP contribution in [0.5, 0.6) is 0 Å². The molecule has 0 spiro atoms. The highest BCUT2D eigenvalue weighted by molar-refractivity contribution is 6.67. The van der Waals surface area contributed by atoms with Gasteiger partial charge in [0.1, 0.15) is 7.11 Å². The molecule has 1 aromatic rings. The Morgan fingerprint density at radius 2 is 2.18 bits per heavy atom. The fourth-order valence-corrected chi connectivity index (χ4v) is 1.78. The zero-order chi connectivity index (χ0) is 12.9. The molecule has 0 amide bonds. The third-order valence-corrected chi connectivity index (χ3v) is 2.42. The third kappa shape index (κ3) is 5.44. The fraction of sp³-hybridized carbons (Fsp3) is 0.250. The first kappa shape index (κ1) is 14.4. The van der Waals surface area contributed by atoms with E-state index in [-0.39, 0.29) is 6.42 Å². The summed E-state index contributed by atoms with van der Waals surface area (Å²) in [5.41, 5.74) is 2.57. The average molecular weight is 293 g/mol. The van der Waals surface area contributed by atoms with Crippen molar-refractivity contribution < 1.29 is 4.84 Å². The van der Waals surface area contributed by atoms with Crippen LogP contribution in [0.1, 0.15) is 17.5 Å². The summed E-state index contributed by atoms with van der Waals surface area (Å²) in [6.45, 7) is 3.90. The van der Waals surface area contributed by atoms with Gasteiger partial charge in [-0.2, -0.15) is 0 Å². The molecule has 5 heteroatoms. The Hall–Kier alpha value is -0.700. The van der Waals surface area contributed by atoms with Gasteiger partial charge in [-0.05, 0) is 22.8 Å². The van der Waals surface area contributed by atoms with Crippen molar-refractivity contribution >= 4 is 46.6 Å². The first-order chi connectivity index (χ1) is 7.92. The van der Waals surface area contributed by atoms with E-state index in [4.69, 9.17) is 34.8 Å². The molecule has 0 heterocycles. The molecule has 0 aliphatic rings. The van der Waals surface area contributed by atoms with Crippen molar-refractivity contribution in [2.75, 3.05) is 7.11 Å². The van der Waals surface area contributed by atoms with Crippen LogP contribution in [0, 0.1) is 0 Å². The number of benzene rings is 1. The molecular formula is C12H12Cl3NO. The summed E-state index contributed by atoms with van der Waals surface area (Å²) in [4.78, 5) is 4.61. The van der Waals surface area contributed by atoms with Crippen LogP contribution < -0.4 is 0 Å². The van der Waals surface area contributed by atoms with Gasteiger partial charge in [-0.3, -0.25) is 0 Å². The maximum Gasteiger partial charge on any atom is 0.194 e. The molecule has 1 rings (SSSR count). The topological polar surface area (TPSA) is 21.6 Å². The van der Waals surface area contributed by atoms with Crippen molar-refractivity contribution in [3.63, 3.8) is 0 Å². The van der Waals surface area contributed by atoms with Gasteiger partial charge in [0.2, 0.25) is 0 Å². The molecule has 92 valence electrons. The lowest BCUT2D eigenvalue weighted by Gasteiger charge is -2.13. The van der Waals surface area contributed by atoms with Crippen LogP contribution in [-0.2, 0) is 4.84 Å². The molecule has 0 radical (unpaired) electrons. The van der Waals surface area contributed by atoms with E-state index in [1.165, 1.54) is 7.11 Å². The van der Waals surface area contributed by atoms with E-state index in [0.717, 1.165) is 16.7 Å². The molecule has 0 saturated carbocycles. The van der Waals surface area contributed by atoms with Crippen molar-refractivity contribution in [1.82, 2.24) is 0 Å². The number of oxime groups is 1. The molecule has 17 heavy (non-hydrogen) atoms. The minimum absolute atomic E-state index is 0.280. The Labute approximate surface area is 116 Å². The van der Waals surface area contributed by atoms with Gasteiger partial charge in [0.15, 0.2) is 3.79 Å². The Bertz CT molecular complexity index is 424. The Morgan fingerprint density at radius 3 is 2.76 bits per heavy atom. The minimum Gasteiger partial charge on any atom is -0.399 e. The summed E-state index contributed by atoms with van der Waals surface area (Å²) >= 11 is 17.2. The number of alkyl halides is 3. The van der Waals surface area contributed by atoms with Gasteiger partial charge in [-0.25, -0.2) is 0 Å². The maximum atomic E-state index is 5.73. The molecule has 0 aliphatic carbocycles. The van der Waals surface area contributed by atoms with E-state index >= 15 is 0 Å². The van der Waals surface area contributed by atoms with Crippen molar-refractivity contribution in [1.29, 1.82) is 0 Å². The van der Waals surface area contributed by atoms with Crippen LogP contribution >= 0.6 is 34.8 Å². The number of hydrogen-bond acceptors (Lipinski definition) is 2. The molecule has 0 atom stereocenters. The van der Waals surface area contributed by atoms with E-state index in [2.05, 4.69) is 16.6 Å². The summed E-state index contributed by atoms with van der Waals surface area (Å²) in [7, 11) is 1.49. The van der Waals surface area contributed by atoms with Gasteiger partial charge in [0.05, 0.1) is 6.21 Å². The lowest BCUT2D eigenvalue weighted by Crippen LogP contribution is -2.02. The first-order valence-electron chi connectivity index (χ1n) is 4.84. The predicted octanol–water partition coefficient (Wildman–Crippen LogP) is 4.44. The summed E-state index contributed by atoms with van der Waals surface area (Å²) in [6, 6.07) is 7.59. The number of nitrogens with zero attached hydrogens (tertiary/aromatic N) is 1. The largest absolute Gasteiger partial charge is 0.399 e. The summed E-state index contributed by atoms with van der Waals surface area (Å²) in [6.07, 6.45) is 1.88. The molecule has 2 nitrogen and oxygen atoms in total. The van der Waals surface area contributed by atoms with Crippen LogP contribution in [-0.4, -0.2) is 17.1 Å². The standard InChI is InChI=1S/C12H12Cl3NO/c1-9(7-12(13,14)15)11-5-3-4-10(6-11)8-16-17-2/h3-6,8H,1,7H2,2H3. The molecule has 1 aromatic carbocycles. The van der Waals surface area contributed by atoms with Gasteiger partial charge in [-0.1, -0.05) is 64.7 Å². The van der Waals surface area contributed by atoms with E-state index in [0.29, 0.717) is 0 Å². The Balaban J connectivity index is 2.84. The molecule has 0 aromatic heterocycles. The second-order valence-corrected chi connectivity index (χ2v) is 5.95. The summed E-state index contributed by atoms with van der Waals surface area (Å²) < 4.78 is -1.33. The second kappa shape index (κ2) is 6.29. The molecule has 0 aliphatic heterocycles. The zero-order valence-corrected chi connectivity index (χ0v) is 11.6. The van der Waals surface area contributed by atoms with Gasteiger partial charge < -0.3 is 4.84 Å². The van der Waals surface area contributed by atoms with Gasteiger partial charge >= 0.3 is 0 Å². The average Bonchev–Trinajstić information content (AvgIpc) is 2.24. The molecule has 0 fully saturated rings. The number of rotatable bonds is 4. The normalized spacial score (nSPS) is 11.8. The predicted molar refractivity (Wildman–Crippen MR) is 75.0 cm³/mol. The lowest BCUT2D eigenvalue weighted by atomic mass is 10.0. The fourth-order valence-electron chi connectivity index (χ4n) is 1.30. The highest BCUT2D eigenvalue weighted by atomic mass is 35.6. The van der Waals surface area contributed by atoms with E-state index in [9.17, 15) is 0 Å². The molecule has 0 N–H and O–H groups in total. The molecular weight excluding hydrogens is 280 g/mol. The third-order valence-electron chi connectivity index (χ3n) is 2.02. The quantitative estimate of drug-likeness (QED) is 0.457. The second-order valence-electron chi connectivity index (χ2n) is 3.44. The number of halogens is 3. The van der Waals surface area contributed by atoms with Crippen LogP contribution in [0.15, 0.2) is 36.0 Å². The first-order valence-corrected chi connectivity index (χ1v) is 5.97. The summed E-state index contributed by atoms with van der Waals surface area (Å²) in [5.74, 6) is 0. The minimum atomic E-state index is -1.33. The maximum absolute atomic E-state index is 5.73. The molecule has 0 unspecified atom stereocenters. The molecule has 0 saturated heterocycles. The van der Waals surface area contributed by atoms with Crippen molar-refractivity contribution in [2.45, 2.75) is 10.2 Å². The van der Waals surface area contributed by atoms with Crippen LogP contribution in [0.3, 0.4) is 0 Å². The molecule has 0 bridgehead atoms. The van der Waals surface area contributed by atoms with Gasteiger partial charge in [-0.15, -0.1) is 0 Å². The van der Waals surface area contributed by atoms with E-state index in [1.807, 2.05) is 24.3 Å². The van der Waals surface area contributed by atoms with Gasteiger partial charge in [0.25, 0.3) is 0 Å². The van der Waals surface area contributed by atoms with E-state index in [1.54, 1.807) is 6.21 Å². The lowest BCUT2D eigenvalue weighted by molar-refractivity contribution is 0.215. The van der Waals surface area contributed by atoms with Crippen LogP contribution in [0.25, 0.3) is 5.57 Å². The van der Waals surface area contributed by atoms with Crippen molar-refractivity contribution in [3.05, 3.63) is 42.0 Å². The number of allylic oxidation sites excluding steroid dienone is 1. The van der Waals surface area contributed by atoms with E-state index < -0.39 is 3.79 Å². The monoisotopic (exact) mass is 291 g/mol. The zero-order valence-electron chi connectivity index (χ0n) is 9.29. The van der Waals surface area contributed by atoms with Crippen molar-refractivity contribution in [3.8, 4) is 0 Å². The van der Waals surface area contributed by atoms with Gasteiger partial charge in [0, 0.05) is 6.42 Å². The smallest absolute Gasteiger partial charge is 0.194 e. The summed E-state index contributed by atoms with van der Waals surface area (Å²) in [5, 5.41) is 3.68. The highest BCUT2D eigenvalue weighted by Crippen LogP contribution is 2.36. The SMILES string of the molecule is C=C(CC(Cl)(Cl)Cl)c1cccc(C=NOC)c1. The van der Waals surface area contributed by atoms with Crippen LogP contribution in [0.4, 0.5) is 0 Å².